The lowest BCUT2D eigenvalue weighted by Gasteiger charge is -2.56. The number of ketones is 1. The number of hydrogen-bond donors (Lipinski definition) is 0. The molecule has 4 bridgehead atoms. The zero-order chi connectivity index (χ0) is 19.7. The Labute approximate surface area is 174 Å². The minimum Gasteiger partial charge on any atom is -0.496 e. The van der Waals surface area contributed by atoms with Crippen molar-refractivity contribution >= 4 is 21.7 Å². The van der Waals surface area contributed by atoms with Gasteiger partial charge in [-0.25, -0.2) is 0 Å². The summed E-state index contributed by atoms with van der Waals surface area (Å²) in [5.41, 5.74) is -0.635. The van der Waals surface area contributed by atoms with Crippen LogP contribution in [0.2, 0.25) is 0 Å². The monoisotopic (exact) mass is 438 g/mol. The molecule has 4 nitrogen and oxygen atoms in total. The highest BCUT2D eigenvalue weighted by Crippen LogP contribution is 2.70. The highest BCUT2D eigenvalue weighted by atomic mass is 79.9. The molecule has 0 aromatic heterocycles. The molecular formula is C23H23BrN2O2. The Balaban J connectivity index is 1.50. The molecule has 1 aromatic rings. The quantitative estimate of drug-likeness (QED) is 0.663. The van der Waals surface area contributed by atoms with Crippen molar-refractivity contribution in [2.45, 2.75) is 44.4 Å². The predicted molar refractivity (Wildman–Crippen MR) is 106 cm³/mol. The van der Waals surface area contributed by atoms with Crippen LogP contribution >= 0.6 is 15.9 Å². The van der Waals surface area contributed by atoms with E-state index in [0.717, 1.165) is 29.3 Å². The van der Waals surface area contributed by atoms with Gasteiger partial charge < -0.3 is 4.74 Å². The second kappa shape index (κ2) is 6.07. The number of hydrogen-bond acceptors (Lipinski definition) is 4. The van der Waals surface area contributed by atoms with Gasteiger partial charge in [0, 0.05) is 11.3 Å². The Morgan fingerprint density at radius 1 is 1.11 bits per heavy atom. The van der Waals surface area contributed by atoms with Gasteiger partial charge >= 0.3 is 0 Å². The van der Waals surface area contributed by atoms with Crippen LogP contribution in [0.25, 0.3) is 0 Å². The van der Waals surface area contributed by atoms with Crippen molar-refractivity contribution in [3.05, 3.63) is 28.2 Å². The van der Waals surface area contributed by atoms with E-state index in [-0.39, 0.29) is 17.1 Å². The van der Waals surface area contributed by atoms with Crippen LogP contribution in [0.3, 0.4) is 0 Å². The fourth-order valence-electron chi connectivity index (χ4n) is 7.12. The van der Waals surface area contributed by atoms with Crippen molar-refractivity contribution in [3.63, 3.8) is 0 Å². The molecule has 144 valence electrons. The molecule has 0 unspecified atom stereocenters. The molecular weight excluding hydrogens is 416 g/mol. The molecule has 5 fully saturated rings. The normalized spacial score (nSPS) is 39.1. The number of carbonyl (C=O) groups excluding carboxylic acids is 1. The van der Waals surface area contributed by atoms with Gasteiger partial charge in [-0.1, -0.05) is 6.07 Å². The molecule has 0 heterocycles. The third-order valence-corrected chi connectivity index (χ3v) is 8.57. The van der Waals surface area contributed by atoms with Gasteiger partial charge in [-0.05, 0) is 89.9 Å². The first-order valence-corrected chi connectivity index (χ1v) is 11.0. The average Bonchev–Trinajstić information content (AvgIpc) is 3.35. The summed E-state index contributed by atoms with van der Waals surface area (Å²) in [7, 11) is 1.60. The van der Waals surface area contributed by atoms with E-state index < -0.39 is 11.3 Å². The van der Waals surface area contributed by atoms with Crippen LogP contribution in [0, 0.1) is 57.2 Å². The van der Waals surface area contributed by atoms with Gasteiger partial charge in [-0.15, -0.1) is 0 Å². The number of ether oxygens (including phenoxy) is 1. The second-order valence-corrected chi connectivity index (χ2v) is 10.4. The van der Waals surface area contributed by atoms with Crippen molar-refractivity contribution in [3.8, 4) is 17.9 Å². The molecule has 28 heavy (non-hydrogen) atoms. The van der Waals surface area contributed by atoms with Gasteiger partial charge in [-0.3, -0.25) is 4.79 Å². The second-order valence-electron chi connectivity index (χ2n) is 9.50. The first-order valence-electron chi connectivity index (χ1n) is 10.2. The number of rotatable bonds is 4. The maximum absolute atomic E-state index is 13.8. The number of methoxy groups -OCH3 is 1. The van der Waals surface area contributed by atoms with E-state index in [1.54, 1.807) is 7.11 Å². The van der Waals surface area contributed by atoms with Gasteiger partial charge in [-0.2, -0.15) is 10.5 Å². The van der Waals surface area contributed by atoms with Crippen molar-refractivity contribution in [1.29, 1.82) is 10.5 Å². The van der Waals surface area contributed by atoms with E-state index in [9.17, 15) is 15.3 Å². The van der Waals surface area contributed by atoms with Crippen LogP contribution in [-0.2, 0) is 4.79 Å². The molecule has 5 aliphatic rings. The zero-order valence-electron chi connectivity index (χ0n) is 16.0. The number of carbonyl (C=O) groups is 1. The Bertz CT molecular complexity index is 892. The van der Waals surface area contributed by atoms with Gasteiger partial charge in [0.15, 0.2) is 5.41 Å². The largest absolute Gasteiger partial charge is 0.496 e. The third kappa shape index (κ3) is 2.35. The lowest BCUT2D eigenvalue weighted by Crippen LogP contribution is -2.50. The van der Waals surface area contributed by atoms with E-state index in [1.807, 2.05) is 18.2 Å². The first kappa shape index (κ1) is 18.2. The predicted octanol–water partition coefficient (Wildman–Crippen LogP) is 4.99. The molecule has 1 aromatic carbocycles. The lowest BCUT2D eigenvalue weighted by molar-refractivity contribution is -0.145. The number of halogens is 1. The van der Waals surface area contributed by atoms with E-state index in [0.29, 0.717) is 23.5 Å². The van der Waals surface area contributed by atoms with Gasteiger partial charge in [0.05, 0.1) is 29.6 Å². The highest BCUT2D eigenvalue weighted by molar-refractivity contribution is 9.10. The maximum atomic E-state index is 13.8. The van der Waals surface area contributed by atoms with Crippen LogP contribution in [-0.4, -0.2) is 12.9 Å². The van der Waals surface area contributed by atoms with Gasteiger partial charge in [0.1, 0.15) is 11.5 Å². The molecule has 0 aliphatic heterocycles. The highest BCUT2D eigenvalue weighted by Gasteiger charge is 2.73. The van der Waals surface area contributed by atoms with E-state index in [4.69, 9.17) is 4.74 Å². The summed E-state index contributed by atoms with van der Waals surface area (Å²) in [6.07, 6.45) is 6.73. The van der Waals surface area contributed by atoms with Gasteiger partial charge in [0.25, 0.3) is 0 Å². The summed E-state index contributed by atoms with van der Waals surface area (Å²) in [4.78, 5) is 13.8. The number of Topliss-reactive ketones (excluding diaryl/α,β-unsaturated/α-hetero) is 1. The molecule has 0 radical (unpaired) electrons. The molecule has 0 saturated heterocycles. The first-order chi connectivity index (χ1) is 13.5. The summed E-state index contributed by atoms with van der Waals surface area (Å²) in [6.45, 7) is 0. The molecule has 5 heteroatoms. The van der Waals surface area contributed by atoms with E-state index in [2.05, 4.69) is 28.1 Å². The minimum atomic E-state index is -1.23. The summed E-state index contributed by atoms with van der Waals surface area (Å²) >= 11 is 3.50. The van der Waals surface area contributed by atoms with Crippen LogP contribution < -0.4 is 4.74 Å². The van der Waals surface area contributed by atoms with Crippen LogP contribution in [0.5, 0.6) is 5.75 Å². The van der Waals surface area contributed by atoms with E-state index >= 15 is 0 Å². The Morgan fingerprint density at radius 2 is 1.68 bits per heavy atom. The van der Waals surface area contributed by atoms with Crippen molar-refractivity contribution < 1.29 is 9.53 Å². The maximum Gasteiger partial charge on any atom is 0.161 e. The lowest BCUT2D eigenvalue weighted by atomic mass is 9.48. The van der Waals surface area contributed by atoms with Crippen LogP contribution in [0.15, 0.2) is 22.7 Å². The number of nitriles is 2. The van der Waals surface area contributed by atoms with Crippen molar-refractivity contribution in [2.75, 3.05) is 7.11 Å². The Hall–Kier alpha value is -1.85. The Kier molecular flexibility index (Phi) is 3.95. The topological polar surface area (TPSA) is 73.9 Å². The van der Waals surface area contributed by atoms with E-state index in [1.165, 1.54) is 19.3 Å². The fraction of sp³-hybridized carbons (Fsp3) is 0.609. The molecule has 2 atom stereocenters. The summed E-state index contributed by atoms with van der Waals surface area (Å²) < 4.78 is 6.08. The third-order valence-electron chi connectivity index (χ3n) is 7.95. The van der Waals surface area contributed by atoms with Crippen molar-refractivity contribution in [2.24, 2.45) is 34.5 Å². The molecule has 5 saturated carbocycles. The summed E-state index contributed by atoms with van der Waals surface area (Å²) in [5.74, 6) is 2.06. The fourth-order valence-corrected chi connectivity index (χ4v) is 7.68. The van der Waals surface area contributed by atoms with Crippen molar-refractivity contribution in [1.82, 2.24) is 0 Å². The molecule has 0 amide bonds. The minimum absolute atomic E-state index is 0.201. The molecule has 0 spiro atoms. The smallest absolute Gasteiger partial charge is 0.161 e. The molecule has 0 N–H and O–H groups in total. The SMILES string of the molecule is COc1ccc([C@H]2[C@@H](C(=O)C34CC5CC(CC(C5)C3)C4)C2(C#N)C#N)cc1Br. The molecule has 5 aliphatic carbocycles. The average molecular weight is 439 g/mol. The zero-order valence-corrected chi connectivity index (χ0v) is 17.5. The number of nitrogens with zero attached hydrogens (tertiary/aromatic N) is 2. The molecule has 6 rings (SSSR count). The summed E-state index contributed by atoms with van der Waals surface area (Å²) in [5, 5.41) is 19.8. The van der Waals surface area contributed by atoms with Gasteiger partial charge in [0.2, 0.25) is 0 Å². The van der Waals surface area contributed by atoms with Crippen LogP contribution in [0.1, 0.15) is 50.0 Å². The summed E-state index contributed by atoms with van der Waals surface area (Å²) in [6, 6.07) is 10.1. The number of benzene rings is 1. The standard InChI is InChI=1S/C23H23BrN2O2/c1-28-18-3-2-16(7-17(18)24)19-20(23(19,11-25)12-26)21(27)22-8-13-4-14(9-22)6-15(5-13)10-22/h2-3,7,13-15,19-20H,4-6,8-10H2,1H3/t13?,14?,15?,19-,20-,22?/m0/s1. The van der Waals surface area contributed by atoms with Crippen LogP contribution in [0.4, 0.5) is 0 Å². The Morgan fingerprint density at radius 3 is 2.14 bits per heavy atom.